The summed E-state index contributed by atoms with van der Waals surface area (Å²) in [5, 5.41) is 6.33. The molecule has 0 amide bonds. The van der Waals surface area contributed by atoms with Gasteiger partial charge in [-0.15, -0.1) is 24.0 Å². The molecule has 0 radical (unpaired) electrons. The fourth-order valence-corrected chi connectivity index (χ4v) is 1.90. The van der Waals surface area contributed by atoms with E-state index in [9.17, 15) is 8.78 Å². The first kappa shape index (κ1) is 18.1. The highest BCUT2D eigenvalue weighted by Crippen LogP contribution is 2.28. The number of aliphatic imine (C=N–C) groups is 1. The second kappa shape index (κ2) is 9.17. The number of guanidine groups is 1. The molecular formula is C15H22F2IN3. The Hall–Kier alpha value is -0.920. The summed E-state index contributed by atoms with van der Waals surface area (Å²) in [6, 6.07) is 3.69. The minimum Gasteiger partial charge on any atom is -0.357 e. The van der Waals surface area contributed by atoms with Gasteiger partial charge in [-0.1, -0.05) is 6.07 Å². The van der Waals surface area contributed by atoms with Gasteiger partial charge in [0, 0.05) is 25.7 Å². The van der Waals surface area contributed by atoms with Gasteiger partial charge >= 0.3 is 0 Å². The number of hydrogen-bond donors (Lipinski definition) is 2. The van der Waals surface area contributed by atoms with Crippen LogP contribution in [0.15, 0.2) is 23.2 Å². The summed E-state index contributed by atoms with van der Waals surface area (Å²) in [4.78, 5) is 4.48. The molecule has 2 rings (SSSR count). The molecule has 1 aromatic rings. The number of nitrogens with one attached hydrogen (secondary N) is 2. The maximum Gasteiger partial charge on any atom is 0.191 e. The van der Waals surface area contributed by atoms with Gasteiger partial charge in [-0.05, 0) is 43.7 Å². The Kier molecular flexibility index (Phi) is 7.92. The maximum atomic E-state index is 13.5. The van der Waals surface area contributed by atoms with E-state index < -0.39 is 11.6 Å². The average Bonchev–Trinajstić information content (AvgIpc) is 3.22. The first-order chi connectivity index (χ1) is 9.69. The van der Waals surface area contributed by atoms with E-state index in [-0.39, 0.29) is 24.0 Å². The molecule has 0 spiro atoms. The van der Waals surface area contributed by atoms with Crippen molar-refractivity contribution in [3.05, 3.63) is 35.4 Å². The van der Waals surface area contributed by atoms with Crippen molar-refractivity contribution in [1.82, 2.24) is 10.6 Å². The summed E-state index contributed by atoms with van der Waals surface area (Å²) < 4.78 is 26.3. The van der Waals surface area contributed by atoms with Gasteiger partial charge in [-0.3, -0.25) is 4.99 Å². The van der Waals surface area contributed by atoms with Crippen LogP contribution in [0.25, 0.3) is 0 Å². The first-order valence-corrected chi connectivity index (χ1v) is 7.15. The maximum absolute atomic E-state index is 13.5. The van der Waals surface area contributed by atoms with Crippen molar-refractivity contribution >= 4 is 29.9 Å². The highest BCUT2D eigenvalue weighted by atomic mass is 127. The zero-order valence-electron chi connectivity index (χ0n) is 12.2. The van der Waals surface area contributed by atoms with Gasteiger partial charge in [0.2, 0.25) is 0 Å². The molecule has 2 N–H and O–H groups in total. The molecule has 1 fully saturated rings. The molecule has 0 aromatic heterocycles. The Labute approximate surface area is 141 Å². The van der Waals surface area contributed by atoms with Crippen LogP contribution in [0.2, 0.25) is 0 Å². The normalized spacial score (nSPS) is 14.5. The van der Waals surface area contributed by atoms with Crippen LogP contribution in [0.1, 0.15) is 25.3 Å². The van der Waals surface area contributed by atoms with Crippen molar-refractivity contribution in [2.45, 2.75) is 26.2 Å². The second-order valence-corrected chi connectivity index (χ2v) is 5.08. The number of hydrogen-bond acceptors (Lipinski definition) is 1. The molecule has 0 atom stereocenters. The molecule has 0 heterocycles. The van der Waals surface area contributed by atoms with Gasteiger partial charge in [0.15, 0.2) is 5.96 Å². The van der Waals surface area contributed by atoms with Crippen LogP contribution < -0.4 is 10.6 Å². The van der Waals surface area contributed by atoms with Gasteiger partial charge in [0.1, 0.15) is 11.6 Å². The Morgan fingerprint density at radius 2 is 2.05 bits per heavy atom. The van der Waals surface area contributed by atoms with Crippen molar-refractivity contribution in [3.8, 4) is 0 Å². The van der Waals surface area contributed by atoms with E-state index in [0.29, 0.717) is 18.5 Å². The Morgan fingerprint density at radius 3 is 2.67 bits per heavy atom. The highest BCUT2D eigenvalue weighted by molar-refractivity contribution is 14.0. The molecule has 0 bridgehead atoms. The average molecular weight is 409 g/mol. The van der Waals surface area contributed by atoms with Crippen molar-refractivity contribution in [2.24, 2.45) is 10.9 Å². The van der Waals surface area contributed by atoms with E-state index in [1.165, 1.54) is 25.0 Å². The number of halogens is 3. The molecule has 6 heteroatoms. The zero-order valence-corrected chi connectivity index (χ0v) is 14.5. The van der Waals surface area contributed by atoms with E-state index in [1.54, 1.807) is 0 Å². The molecule has 1 aromatic carbocycles. The number of nitrogens with zero attached hydrogens (tertiary/aromatic N) is 1. The lowest BCUT2D eigenvalue weighted by molar-refractivity contribution is 0.570. The van der Waals surface area contributed by atoms with Gasteiger partial charge < -0.3 is 10.6 Å². The van der Waals surface area contributed by atoms with Crippen LogP contribution in [-0.2, 0) is 6.42 Å². The van der Waals surface area contributed by atoms with Crippen LogP contribution >= 0.6 is 24.0 Å². The quantitative estimate of drug-likeness (QED) is 0.431. The fourth-order valence-electron chi connectivity index (χ4n) is 1.90. The minimum absolute atomic E-state index is 0. The SMILES string of the molecule is CCNC(=NCC1CC1)NCCc1ccc(F)cc1F.I. The third-order valence-corrected chi connectivity index (χ3v) is 3.25. The van der Waals surface area contributed by atoms with E-state index in [4.69, 9.17) is 0 Å². The summed E-state index contributed by atoms with van der Waals surface area (Å²) in [6.07, 6.45) is 3.04. The van der Waals surface area contributed by atoms with Crippen molar-refractivity contribution < 1.29 is 8.78 Å². The van der Waals surface area contributed by atoms with Crippen molar-refractivity contribution in [3.63, 3.8) is 0 Å². The predicted molar refractivity (Wildman–Crippen MR) is 92.2 cm³/mol. The fraction of sp³-hybridized carbons (Fsp3) is 0.533. The molecule has 1 aliphatic carbocycles. The lowest BCUT2D eigenvalue weighted by Crippen LogP contribution is -2.38. The lowest BCUT2D eigenvalue weighted by atomic mass is 10.1. The van der Waals surface area contributed by atoms with Gasteiger partial charge in [0.05, 0.1) is 0 Å². The molecule has 21 heavy (non-hydrogen) atoms. The smallest absolute Gasteiger partial charge is 0.191 e. The molecule has 0 aliphatic heterocycles. The molecule has 0 unspecified atom stereocenters. The topological polar surface area (TPSA) is 36.4 Å². The molecular weight excluding hydrogens is 387 g/mol. The van der Waals surface area contributed by atoms with Crippen LogP contribution in [0.5, 0.6) is 0 Å². The monoisotopic (exact) mass is 409 g/mol. The Bertz CT molecular complexity index is 476. The second-order valence-electron chi connectivity index (χ2n) is 5.08. The van der Waals surface area contributed by atoms with Crippen LogP contribution in [0.3, 0.4) is 0 Å². The summed E-state index contributed by atoms with van der Waals surface area (Å²) in [5.74, 6) is 0.465. The summed E-state index contributed by atoms with van der Waals surface area (Å²) in [6.45, 7) is 4.22. The van der Waals surface area contributed by atoms with E-state index in [2.05, 4.69) is 15.6 Å². The van der Waals surface area contributed by atoms with E-state index >= 15 is 0 Å². The third kappa shape index (κ3) is 6.58. The van der Waals surface area contributed by atoms with E-state index in [1.807, 2.05) is 6.92 Å². The first-order valence-electron chi connectivity index (χ1n) is 7.15. The summed E-state index contributed by atoms with van der Waals surface area (Å²) in [5.41, 5.74) is 0.511. The standard InChI is InChI=1S/C15H21F2N3.HI/c1-2-18-15(20-10-11-3-4-11)19-8-7-12-5-6-13(16)9-14(12)17;/h5-6,9,11H,2-4,7-8,10H2,1H3,(H2,18,19,20);1H. The van der Waals surface area contributed by atoms with Crippen molar-refractivity contribution in [1.29, 1.82) is 0 Å². The third-order valence-electron chi connectivity index (χ3n) is 3.25. The Morgan fingerprint density at radius 1 is 1.29 bits per heavy atom. The zero-order chi connectivity index (χ0) is 14.4. The van der Waals surface area contributed by atoms with Crippen molar-refractivity contribution in [2.75, 3.05) is 19.6 Å². The number of rotatable bonds is 6. The molecule has 1 aliphatic rings. The van der Waals surface area contributed by atoms with Gasteiger partial charge in [-0.2, -0.15) is 0 Å². The minimum atomic E-state index is -0.543. The largest absolute Gasteiger partial charge is 0.357 e. The summed E-state index contributed by atoms with van der Waals surface area (Å²) in [7, 11) is 0. The van der Waals surface area contributed by atoms with Crippen LogP contribution in [0.4, 0.5) is 8.78 Å². The van der Waals surface area contributed by atoms with E-state index in [0.717, 1.165) is 31.0 Å². The molecule has 1 saturated carbocycles. The van der Waals surface area contributed by atoms with Gasteiger partial charge in [0.25, 0.3) is 0 Å². The number of benzene rings is 1. The van der Waals surface area contributed by atoms with Crippen LogP contribution in [0, 0.1) is 17.6 Å². The predicted octanol–water partition coefficient (Wildman–Crippen LogP) is 3.09. The molecule has 0 saturated heterocycles. The highest BCUT2D eigenvalue weighted by Gasteiger charge is 2.20. The molecule has 3 nitrogen and oxygen atoms in total. The van der Waals surface area contributed by atoms with Gasteiger partial charge in [-0.25, -0.2) is 8.78 Å². The van der Waals surface area contributed by atoms with Crippen LogP contribution in [-0.4, -0.2) is 25.6 Å². The lowest BCUT2D eigenvalue weighted by Gasteiger charge is -2.11. The summed E-state index contributed by atoms with van der Waals surface area (Å²) >= 11 is 0. The molecule has 118 valence electrons. The Balaban J connectivity index is 0.00000220.